The van der Waals surface area contributed by atoms with Crippen molar-refractivity contribution in [2.24, 2.45) is 17.6 Å². The van der Waals surface area contributed by atoms with Gasteiger partial charge in [0.25, 0.3) is 0 Å². The Labute approximate surface area is 88.4 Å². The van der Waals surface area contributed by atoms with Crippen LogP contribution in [-0.2, 0) is 19.4 Å². The molecule has 0 aliphatic rings. The number of sulfone groups is 1. The maximum Gasteiger partial charge on any atom is 0.307 e. The first-order valence-electron chi connectivity index (χ1n) is 4.38. The van der Waals surface area contributed by atoms with Crippen molar-refractivity contribution in [1.82, 2.24) is 0 Å². The van der Waals surface area contributed by atoms with E-state index < -0.39 is 45.1 Å². The molecule has 3 N–H and O–H groups in total. The fraction of sp³-hybridized carbons (Fsp3) is 0.750. The third-order valence-corrected chi connectivity index (χ3v) is 3.93. The number of primary amides is 1. The van der Waals surface area contributed by atoms with Gasteiger partial charge in [-0.1, -0.05) is 13.8 Å². The molecule has 0 saturated heterocycles. The van der Waals surface area contributed by atoms with Gasteiger partial charge in [-0.25, -0.2) is 8.42 Å². The maximum atomic E-state index is 11.4. The van der Waals surface area contributed by atoms with Crippen molar-refractivity contribution in [3.63, 3.8) is 0 Å². The third kappa shape index (κ3) is 5.36. The summed E-state index contributed by atoms with van der Waals surface area (Å²) >= 11 is 0. The third-order valence-electron chi connectivity index (χ3n) is 1.92. The quantitative estimate of drug-likeness (QED) is 0.630. The van der Waals surface area contributed by atoms with E-state index in [9.17, 15) is 18.0 Å². The Bertz CT molecular complexity index is 320. The predicted molar refractivity (Wildman–Crippen MR) is 53.8 cm³/mol. The van der Waals surface area contributed by atoms with E-state index in [-0.39, 0.29) is 0 Å². The molecular weight excluding hydrogens is 222 g/mol. The first-order chi connectivity index (χ1) is 6.65. The summed E-state index contributed by atoms with van der Waals surface area (Å²) in [7, 11) is -3.55. The Hall–Kier alpha value is -1.11. The van der Waals surface area contributed by atoms with Crippen molar-refractivity contribution in [2.45, 2.75) is 13.8 Å². The molecule has 0 bridgehead atoms. The number of hydrogen-bond donors (Lipinski definition) is 2. The minimum atomic E-state index is -3.55. The van der Waals surface area contributed by atoms with Crippen LogP contribution in [-0.4, -0.2) is 36.9 Å². The normalized spacial score (nSPS) is 15.6. The average Bonchev–Trinajstić information content (AvgIpc) is 2.01. The molecule has 0 rings (SSSR count). The molecule has 0 saturated carbocycles. The topological polar surface area (TPSA) is 115 Å². The van der Waals surface area contributed by atoms with Gasteiger partial charge >= 0.3 is 5.97 Å². The molecule has 0 spiro atoms. The fourth-order valence-corrected chi connectivity index (χ4v) is 2.95. The van der Waals surface area contributed by atoms with Crippen LogP contribution in [0.2, 0.25) is 0 Å². The van der Waals surface area contributed by atoms with Gasteiger partial charge in [0, 0.05) is 5.92 Å². The molecule has 0 aliphatic carbocycles. The largest absolute Gasteiger partial charge is 0.481 e. The summed E-state index contributed by atoms with van der Waals surface area (Å²) in [6.45, 7) is 2.69. The van der Waals surface area contributed by atoms with Gasteiger partial charge in [-0.2, -0.15) is 0 Å². The standard InChI is InChI=1S/C8H15NO5S/c1-5(7(9)10)3-15(13,14)4-6(2)8(11)12/h5-6H,3-4H2,1-2H3,(H2,9,10)(H,11,12). The molecule has 15 heavy (non-hydrogen) atoms. The minimum Gasteiger partial charge on any atom is -0.481 e. The highest BCUT2D eigenvalue weighted by molar-refractivity contribution is 7.91. The van der Waals surface area contributed by atoms with E-state index >= 15 is 0 Å². The molecule has 0 radical (unpaired) electrons. The molecule has 88 valence electrons. The summed E-state index contributed by atoms with van der Waals surface area (Å²) < 4.78 is 22.8. The highest BCUT2D eigenvalue weighted by Gasteiger charge is 2.24. The SMILES string of the molecule is CC(CS(=O)(=O)CC(C)C(=O)O)C(N)=O. The molecular formula is C8H15NO5S. The zero-order chi connectivity index (χ0) is 12.2. The number of aliphatic carboxylic acids is 1. The molecule has 6 nitrogen and oxygen atoms in total. The lowest BCUT2D eigenvalue weighted by Gasteiger charge is -2.10. The van der Waals surface area contributed by atoms with E-state index in [4.69, 9.17) is 10.8 Å². The van der Waals surface area contributed by atoms with Gasteiger partial charge in [0.15, 0.2) is 9.84 Å². The van der Waals surface area contributed by atoms with Crippen molar-refractivity contribution < 1.29 is 23.1 Å². The second kappa shape index (κ2) is 5.11. The Kier molecular flexibility index (Phi) is 4.73. The van der Waals surface area contributed by atoms with E-state index in [1.165, 1.54) is 13.8 Å². The minimum absolute atomic E-state index is 0.403. The zero-order valence-electron chi connectivity index (χ0n) is 8.63. The van der Waals surface area contributed by atoms with E-state index in [0.717, 1.165) is 0 Å². The van der Waals surface area contributed by atoms with Gasteiger partial charge in [-0.05, 0) is 0 Å². The lowest BCUT2D eigenvalue weighted by atomic mass is 10.2. The molecule has 7 heteroatoms. The van der Waals surface area contributed by atoms with E-state index in [1.54, 1.807) is 0 Å². The maximum absolute atomic E-state index is 11.4. The zero-order valence-corrected chi connectivity index (χ0v) is 9.45. The summed E-state index contributed by atoms with van der Waals surface area (Å²) in [4.78, 5) is 21.1. The highest BCUT2D eigenvalue weighted by atomic mass is 32.2. The van der Waals surface area contributed by atoms with Gasteiger partial charge in [-0.15, -0.1) is 0 Å². The molecule has 0 aromatic carbocycles. The monoisotopic (exact) mass is 237 g/mol. The smallest absolute Gasteiger partial charge is 0.307 e. The first-order valence-corrected chi connectivity index (χ1v) is 6.20. The van der Waals surface area contributed by atoms with Crippen LogP contribution in [0.15, 0.2) is 0 Å². The summed E-state index contributed by atoms with van der Waals surface area (Å²) in [5.41, 5.74) is 4.91. The van der Waals surface area contributed by atoms with E-state index in [2.05, 4.69) is 0 Å². The van der Waals surface area contributed by atoms with Crippen molar-refractivity contribution >= 4 is 21.7 Å². The summed E-state index contributed by atoms with van der Waals surface area (Å²) in [6, 6.07) is 0. The van der Waals surface area contributed by atoms with Gasteiger partial charge in [0.1, 0.15) is 0 Å². The van der Waals surface area contributed by atoms with Gasteiger partial charge in [-0.3, -0.25) is 9.59 Å². The van der Waals surface area contributed by atoms with Crippen LogP contribution in [0.4, 0.5) is 0 Å². The number of amides is 1. The number of rotatable bonds is 6. The van der Waals surface area contributed by atoms with Crippen molar-refractivity contribution in [2.75, 3.05) is 11.5 Å². The average molecular weight is 237 g/mol. The van der Waals surface area contributed by atoms with Gasteiger partial charge in [0.2, 0.25) is 5.91 Å². The molecule has 0 fully saturated rings. The highest BCUT2D eigenvalue weighted by Crippen LogP contribution is 2.07. The Morgan fingerprint density at radius 3 is 1.93 bits per heavy atom. The molecule has 0 aliphatic heterocycles. The second-order valence-corrected chi connectivity index (χ2v) is 5.77. The number of nitrogens with two attached hydrogens (primary N) is 1. The van der Waals surface area contributed by atoms with Crippen molar-refractivity contribution in [1.29, 1.82) is 0 Å². The molecule has 0 aromatic rings. The lowest BCUT2D eigenvalue weighted by molar-refractivity contribution is -0.140. The number of carboxylic acids is 1. The van der Waals surface area contributed by atoms with E-state index in [1.807, 2.05) is 0 Å². The van der Waals surface area contributed by atoms with Crippen LogP contribution >= 0.6 is 0 Å². The number of carbonyl (C=O) groups is 2. The van der Waals surface area contributed by atoms with Crippen LogP contribution in [0, 0.1) is 11.8 Å². The molecule has 0 heterocycles. The Morgan fingerprint density at radius 2 is 1.60 bits per heavy atom. The van der Waals surface area contributed by atoms with Gasteiger partial charge in [0.05, 0.1) is 17.4 Å². The number of hydrogen-bond acceptors (Lipinski definition) is 4. The van der Waals surface area contributed by atoms with Crippen LogP contribution in [0.3, 0.4) is 0 Å². The van der Waals surface area contributed by atoms with Gasteiger partial charge < -0.3 is 10.8 Å². The second-order valence-electron chi connectivity index (χ2n) is 3.62. The van der Waals surface area contributed by atoms with Crippen LogP contribution in [0.25, 0.3) is 0 Å². The summed E-state index contributed by atoms with van der Waals surface area (Å²) in [5, 5.41) is 8.53. The Morgan fingerprint density at radius 1 is 1.20 bits per heavy atom. The van der Waals surface area contributed by atoms with Crippen molar-refractivity contribution in [3.8, 4) is 0 Å². The molecule has 0 aromatic heterocycles. The predicted octanol–water partition coefficient (Wildman–Crippen LogP) is -0.757. The van der Waals surface area contributed by atoms with Crippen LogP contribution in [0.5, 0.6) is 0 Å². The fourth-order valence-electron chi connectivity index (χ4n) is 0.983. The lowest BCUT2D eigenvalue weighted by Crippen LogP contribution is -2.31. The molecule has 1 amide bonds. The van der Waals surface area contributed by atoms with Crippen LogP contribution < -0.4 is 5.73 Å². The Balaban J connectivity index is 4.45. The van der Waals surface area contributed by atoms with Crippen LogP contribution in [0.1, 0.15) is 13.8 Å². The molecule has 2 atom stereocenters. The number of carbonyl (C=O) groups excluding carboxylic acids is 1. The molecule has 2 unspecified atom stereocenters. The number of carboxylic acid groups (broad SMARTS) is 1. The first kappa shape index (κ1) is 13.9. The van der Waals surface area contributed by atoms with Crippen molar-refractivity contribution in [3.05, 3.63) is 0 Å². The van der Waals surface area contributed by atoms with E-state index in [0.29, 0.717) is 0 Å². The summed E-state index contributed by atoms with van der Waals surface area (Å²) in [5.74, 6) is -4.53. The summed E-state index contributed by atoms with van der Waals surface area (Å²) in [6.07, 6.45) is 0.